The number of anilines is 1. The molecule has 1 fully saturated rings. The summed E-state index contributed by atoms with van der Waals surface area (Å²) in [6.45, 7) is 8.29. The predicted octanol–water partition coefficient (Wildman–Crippen LogP) is 4.00. The van der Waals surface area contributed by atoms with Gasteiger partial charge in [0.2, 0.25) is 0 Å². The average Bonchev–Trinajstić information content (AvgIpc) is 2.99. The molecule has 2 aromatic rings. The van der Waals surface area contributed by atoms with Crippen LogP contribution in [0.4, 0.5) is 10.5 Å². The van der Waals surface area contributed by atoms with Gasteiger partial charge in [-0.15, -0.1) is 0 Å². The fraction of sp³-hybridized carbons (Fsp3) is 0.440. The van der Waals surface area contributed by atoms with Crippen LogP contribution in [0.1, 0.15) is 42.6 Å². The van der Waals surface area contributed by atoms with Crippen molar-refractivity contribution in [2.24, 2.45) is 0 Å². The minimum Gasteiger partial charge on any atom is -0.337 e. The third-order valence-electron chi connectivity index (χ3n) is 5.45. The van der Waals surface area contributed by atoms with Gasteiger partial charge >= 0.3 is 6.03 Å². The molecule has 166 valence electrons. The van der Waals surface area contributed by atoms with Crippen molar-refractivity contribution in [3.8, 4) is 0 Å². The van der Waals surface area contributed by atoms with E-state index in [1.54, 1.807) is 12.1 Å². The van der Waals surface area contributed by atoms with Crippen molar-refractivity contribution in [2.45, 2.75) is 39.2 Å². The molecule has 0 bridgehead atoms. The first-order chi connectivity index (χ1) is 15.0. The van der Waals surface area contributed by atoms with Crippen molar-refractivity contribution in [3.63, 3.8) is 0 Å². The average molecular weight is 423 g/mol. The standard InChI is InChI=1S/C25H34N4O2/c1-20(2)26-25(31)27-23-13-6-12-22(19-23)24(30)29-16-8-15-28(17-18-29)14-7-11-21-9-4-3-5-10-21/h3-6,9-10,12-13,19-20H,7-8,11,14-18H2,1-2H3,(H2,26,27,31). The Morgan fingerprint density at radius 1 is 0.968 bits per heavy atom. The van der Waals surface area contributed by atoms with Crippen LogP contribution >= 0.6 is 0 Å². The summed E-state index contributed by atoms with van der Waals surface area (Å²) >= 11 is 0. The zero-order valence-electron chi connectivity index (χ0n) is 18.6. The topological polar surface area (TPSA) is 64.7 Å². The van der Waals surface area contributed by atoms with Gasteiger partial charge in [0.15, 0.2) is 0 Å². The highest BCUT2D eigenvalue weighted by molar-refractivity contribution is 5.97. The van der Waals surface area contributed by atoms with Crippen LogP contribution in [0.5, 0.6) is 0 Å². The number of hydrogen-bond donors (Lipinski definition) is 2. The van der Waals surface area contributed by atoms with E-state index < -0.39 is 0 Å². The number of urea groups is 1. The van der Waals surface area contributed by atoms with Crippen molar-refractivity contribution in [3.05, 3.63) is 65.7 Å². The third kappa shape index (κ3) is 7.40. The molecule has 0 aliphatic carbocycles. The number of carbonyl (C=O) groups is 2. The fourth-order valence-electron chi connectivity index (χ4n) is 3.89. The maximum absolute atomic E-state index is 13.1. The van der Waals surface area contributed by atoms with E-state index in [9.17, 15) is 9.59 Å². The lowest BCUT2D eigenvalue weighted by atomic mass is 10.1. The van der Waals surface area contributed by atoms with E-state index in [0.717, 1.165) is 52.0 Å². The molecule has 0 radical (unpaired) electrons. The smallest absolute Gasteiger partial charge is 0.319 e. The molecule has 0 atom stereocenters. The highest BCUT2D eigenvalue weighted by atomic mass is 16.2. The van der Waals surface area contributed by atoms with E-state index in [4.69, 9.17) is 0 Å². The van der Waals surface area contributed by atoms with Gasteiger partial charge in [0.25, 0.3) is 5.91 Å². The Morgan fingerprint density at radius 3 is 2.55 bits per heavy atom. The highest BCUT2D eigenvalue weighted by Gasteiger charge is 2.20. The largest absolute Gasteiger partial charge is 0.337 e. The summed E-state index contributed by atoms with van der Waals surface area (Å²) in [7, 11) is 0. The summed E-state index contributed by atoms with van der Waals surface area (Å²) in [5.74, 6) is 0.0269. The molecule has 2 aromatic carbocycles. The molecule has 0 unspecified atom stereocenters. The summed E-state index contributed by atoms with van der Waals surface area (Å²) in [6.07, 6.45) is 3.19. The van der Waals surface area contributed by atoms with Gasteiger partial charge in [0, 0.05) is 36.9 Å². The van der Waals surface area contributed by atoms with Gasteiger partial charge in [-0.05, 0) is 70.0 Å². The SMILES string of the molecule is CC(C)NC(=O)Nc1cccc(C(=O)N2CCCN(CCCc3ccccc3)CC2)c1. The van der Waals surface area contributed by atoms with Crippen LogP contribution in [-0.2, 0) is 6.42 Å². The summed E-state index contributed by atoms with van der Waals surface area (Å²) in [5, 5.41) is 5.59. The summed E-state index contributed by atoms with van der Waals surface area (Å²) < 4.78 is 0. The molecular formula is C25H34N4O2. The molecule has 1 aliphatic rings. The lowest BCUT2D eigenvalue weighted by Gasteiger charge is -2.22. The lowest BCUT2D eigenvalue weighted by Crippen LogP contribution is -2.36. The quantitative estimate of drug-likeness (QED) is 0.709. The Hall–Kier alpha value is -2.86. The van der Waals surface area contributed by atoms with Crippen molar-refractivity contribution < 1.29 is 9.59 Å². The summed E-state index contributed by atoms with van der Waals surface area (Å²) in [6, 6.07) is 17.6. The van der Waals surface area contributed by atoms with Gasteiger partial charge in [0.05, 0.1) is 0 Å². The van der Waals surface area contributed by atoms with Crippen LogP contribution in [0, 0.1) is 0 Å². The Kier molecular flexibility index (Phi) is 8.47. The number of hydrogen-bond acceptors (Lipinski definition) is 3. The Bertz CT molecular complexity index is 854. The summed E-state index contributed by atoms with van der Waals surface area (Å²) in [4.78, 5) is 29.4. The number of benzene rings is 2. The molecule has 2 N–H and O–H groups in total. The zero-order chi connectivity index (χ0) is 22.1. The van der Waals surface area contributed by atoms with Crippen molar-refractivity contribution >= 4 is 17.6 Å². The second kappa shape index (κ2) is 11.5. The zero-order valence-corrected chi connectivity index (χ0v) is 18.6. The molecule has 1 saturated heterocycles. The Labute approximate surface area is 185 Å². The third-order valence-corrected chi connectivity index (χ3v) is 5.45. The molecule has 0 aromatic heterocycles. The van der Waals surface area contributed by atoms with E-state index in [0.29, 0.717) is 11.3 Å². The van der Waals surface area contributed by atoms with E-state index in [1.807, 2.05) is 30.9 Å². The first-order valence-corrected chi connectivity index (χ1v) is 11.2. The minimum atomic E-state index is -0.263. The number of carbonyl (C=O) groups excluding carboxylic acids is 2. The van der Waals surface area contributed by atoms with Gasteiger partial charge in [-0.25, -0.2) is 4.79 Å². The molecule has 6 nitrogen and oxygen atoms in total. The first-order valence-electron chi connectivity index (χ1n) is 11.2. The second-order valence-corrected chi connectivity index (χ2v) is 8.41. The van der Waals surface area contributed by atoms with Crippen molar-refractivity contribution in [1.29, 1.82) is 0 Å². The lowest BCUT2D eigenvalue weighted by molar-refractivity contribution is 0.0761. The summed E-state index contributed by atoms with van der Waals surface area (Å²) in [5.41, 5.74) is 2.62. The van der Waals surface area contributed by atoms with Gasteiger partial charge in [-0.3, -0.25) is 4.79 Å². The van der Waals surface area contributed by atoms with E-state index in [2.05, 4.69) is 45.9 Å². The fourth-order valence-corrected chi connectivity index (χ4v) is 3.89. The van der Waals surface area contributed by atoms with Gasteiger partial charge in [-0.1, -0.05) is 36.4 Å². The van der Waals surface area contributed by atoms with Crippen molar-refractivity contribution in [2.75, 3.05) is 38.0 Å². The molecule has 31 heavy (non-hydrogen) atoms. The van der Waals surface area contributed by atoms with E-state index in [-0.39, 0.29) is 18.0 Å². The minimum absolute atomic E-state index is 0.0269. The number of rotatable bonds is 7. The van der Waals surface area contributed by atoms with Crippen LogP contribution in [0.25, 0.3) is 0 Å². The van der Waals surface area contributed by atoms with E-state index >= 15 is 0 Å². The van der Waals surface area contributed by atoms with Gasteiger partial charge in [-0.2, -0.15) is 0 Å². The molecule has 6 heteroatoms. The Balaban J connectivity index is 1.49. The van der Waals surface area contributed by atoms with Crippen LogP contribution < -0.4 is 10.6 Å². The van der Waals surface area contributed by atoms with Crippen LogP contribution in [0.3, 0.4) is 0 Å². The van der Waals surface area contributed by atoms with Crippen LogP contribution in [0.2, 0.25) is 0 Å². The second-order valence-electron chi connectivity index (χ2n) is 8.41. The maximum Gasteiger partial charge on any atom is 0.319 e. The number of nitrogens with one attached hydrogen (secondary N) is 2. The molecule has 3 rings (SSSR count). The molecule has 3 amide bonds. The molecule has 0 spiro atoms. The van der Waals surface area contributed by atoms with Crippen molar-refractivity contribution in [1.82, 2.24) is 15.1 Å². The van der Waals surface area contributed by atoms with E-state index in [1.165, 1.54) is 5.56 Å². The molecular weight excluding hydrogens is 388 g/mol. The first kappa shape index (κ1) is 22.8. The van der Waals surface area contributed by atoms with Crippen LogP contribution in [0.15, 0.2) is 54.6 Å². The molecule has 0 saturated carbocycles. The van der Waals surface area contributed by atoms with Crippen LogP contribution in [-0.4, -0.2) is 60.5 Å². The molecule has 1 heterocycles. The number of amides is 3. The predicted molar refractivity (Wildman–Crippen MR) is 125 cm³/mol. The monoisotopic (exact) mass is 422 g/mol. The number of nitrogens with zero attached hydrogens (tertiary/aromatic N) is 2. The van der Waals surface area contributed by atoms with Gasteiger partial charge in [0.1, 0.15) is 0 Å². The number of aryl methyl sites for hydroxylation is 1. The Morgan fingerprint density at radius 2 is 1.77 bits per heavy atom. The highest BCUT2D eigenvalue weighted by Crippen LogP contribution is 2.15. The maximum atomic E-state index is 13.1. The molecule has 1 aliphatic heterocycles. The van der Waals surface area contributed by atoms with Gasteiger partial charge < -0.3 is 20.4 Å². The normalized spacial score (nSPS) is 14.9.